The molecule has 11 heteroatoms. The van der Waals surface area contributed by atoms with Gasteiger partial charge in [0.1, 0.15) is 0 Å². The van der Waals surface area contributed by atoms with Gasteiger partial charge in [-0.3, -0.25) is 4.79 Å². The van der Waals surface area contributed by atoms with Gasteiger partial charge in [-0.15, -0.1) is 5.10 Å². The number of nitrogens with two attached hydrogens (primary N) is 1. The van der Waals surface area contributed by atoms with Gasteiger partial charge >= 0.3 is 0 Å². The highest BCUT2D eigenvalue weighted by Crippen LogP contribution is 2.14. The number of aromatic nitrogens is 5. The number of carbonyl (C=O) groups excluding carboxylic acids is 1. The smallest absolute Gasteiger partial charge is 0.293 e. The van der Waals surface area contributed by atoms with E-state index in [1.54, 1.807) is 38.1 Å². The Balaban J connectivity index is 1.78. The molecule has 0 unspecified atom stereocenters. The van der Waals surface area contributed by atoms with Gasteiger partial charge in [0, 0.05) is 5.02 Å². The second-order valence-corrected chi connectivity index (χ2v) is 5.49. The van der Waals surface area contributed by atoms with E-state index in [0.29, 0.717) is 16.4 Å². The molecule has 0 spiro atoms. The number of hydrogen-bond acceptors (Lipinski definition) is 8. The van der Waals surface area contributed by atoms with Crippen molar-refractivity contribution in [2.45, 2.75) is 13.8 Å². The second kappa shape index (κ2) is 6.69. The largest absolute Gasteiger partial charge is 0.378 e. The van der Waals surface area contributed by atoms with Gasteiger partial charge < -0.3 is 5.73 Å². The van der Waals surface area contributed by atoms with Gasteiger partial charge in [0.15, 0.2) is 5.69 Å². The maximum absolute atomic E-state index is 12.3. The third-order valence-corrected chi connectivity index (χ3v) is 3.64. The summed E-state index contributed by atoms with van der Waals surface area (Å²) in [5.41, 5.74) is 9.98. The molecule has 10 nitrogen and oxygen atoms in total. The molecule has 0 radical (unpaired) electrons. The van der Waals surface area contributed by atoms with E-state index in [1.807, 2.05) is 0 Å². The van der Waals surface area contributed by atoms with Crippen LogP contribution in [0.1, 0.15) is 28.7 Å². The van der Waals surface area contributed by atoms with Crippen LogP contribution in [0.4, 0.5) is 5.82 Å². The summed E-state index contributed by atoms with van der Waals surface area (Å²) < 4.78 is 5.78. The van der Waals surface area contributed by atoms with E-state index < -0.39 is 5.91 Å². The lowest BCUT2D eigenvalue weighted by atomic mass is 10.1. The molecule has 25 heavy (non-hydrogen) atoms. The van der Waals surface area contributed by atoms with Crippen LogP contribution in [0.25, 0.3) is 5.82 Å². The Hall–Kier alpha value is -3.27. The number of amides is 1. The maximum atomic E-state index is 12.3. The molecule has 0 atom stereocenters. The van der Waals surface area contributed by atoms with Gasteiger partial charge in [-0.2, -0.15) is 9.78 Å². The predicted molar refractivity (Wildman–Crippen MR) is 89.5 cm³/mol. The number of benzene rings is 1. The first-order valence-corrected chi connectivity index (χ1v) is 7.46. The molecule has 0 aliphatic heterocycles. The van der Waals surface area contributed by atoms with E-state index in [-0.39, 0.29) is 17.3 Å². The molecule has 0 bridgehead atoms. The number of hydrogen-bond donors (Lipinski definition) is 2. The molecule has 0 saturated heterocycles. The normalized spacial score (nSPS) is 11.6. The summed E-state index contributed by atoms with van der Waals surface area (Å²) in [6.07, 6.45) is 0. The minimum Gasteiger partial charge on any atom is -0.378 e. The van der Waals surface area contributed by atoms with E-state index in [2.05, 4.69) is 35.8 Å². The number of carbonyl (C=O) groups is 1. The maximum Gasteiger partial charge on any atom is 0.293 e. The molecule has 128 valence electrons. The first kappa shape index (κ1) is 16.6. The van der Waals surface area contributed by atoms with Crippen LogP contribution in [-0.2, 0) is 0 Å². The fourth-order valence-corrected chi connectivity index (χ4v) is 2.15. The van der Waals surface area contributed by atoms with Crippen molar-refractivity contribution in [1.82, 2.24) is 30.7 Å². The molecule has 0 aliphatic rings. The Labute approximate surface area is 146 Å². The topological polar surface area (TPSA) is 137 Å². The summed E-state index contributed by atoms with van der Waals surface area (Å²) >= 11 is 5.84. The summed E-state index contributed by atoms with van der Waals surface area (Å²) in [6.45, 7) is 3.40. The van der Waals surface area contributed by atoms with Crippen molar-refractivity contribution < 1.29 is 9.42 Å². The molecular weight excluding hydrogens is 348 g/mol. The number of nitrogen functional groups attached to an aromatic ring is 1. The average Bonchev–Trinajstić information content (AvgIpc) is 3.18. The second-order valence-electron chi connectivity index (χ2n) is 5.05. The van der Waals surface area contributed by atoms with Crippen molar-refractivity contribution in [3.8, 4) is 5.82 Å². The Morgan fingerprint density at radius 3 is 2.68 bits per heavy atom. The van der Waals surface area contributed by atoms with Gasteiger partial charge in [-0.05, 0) is 41.9 Å². The summed E-state index contributed by atoms with van der Waals surface area (Å²) in [5.74, 6) is -0.325. The van der Waals surface area contributed by atoms with Crippen molar-refractivity contribution >= 4 is 29.0 Å². The number of nitrogens with zero attached hydrogens (tertiary/aromatic N) is 6. The van der Waals surface area contributed by atoms with Crippen molar-refractivity contribution in [1.29, 1.82) is 0 Å². The third kappa shape index (κ3) is 3.33. The van der Waals surface area contributed by atoms with E-state index in [9.17, 15) is 4.79 Å². The molecule has 0 aliphatic carbocycles. The number of rotatable bonds is 4. The van der Waals surface area contributed by atoms with Crippen LogP contribution in [0, 0.1) is 6.92 Å². The van der Waals surface area contributed by atoms with Crippen LogP contribution in [0.5, 0.6) is 0 Å². The standard InChI is InChI=1S/C14H13ClN8O2/c1-7(9-3-5-10(15)6-4-9)17-19-14(24)11-8(2)23(22-18-11)13-12(16)20-25-21-13/h3-6H,1-2H3,(H2,16,20)(H,19,24)/b17-7+. The number of anilines is 1. The van der Waals surface area contributed by atoms with Gasteiger partial charge in [0.25, 0.3) is 5.91 Å². The van der Waals surface area contributed by atoms with E-state index in [0.717, 1.165) is 5.56 Å². The van der Waals surface area contributed by atoms with Gasteiger partial charge in [0.2, 0.25) is 11.6 Å². The van der Waals surface area contributed by atoms with Crippen LogP contribution in [0.3, 0.4) is 0 Å². The first-order valence-electron chi connectivity index (χ1n) is 7.08. The highest BCUT2D eigenvalue weighted by atomic mass is 35.5. The Morgan fingerprint density at radius 2 is 2.04 bits per heavy atom. The Bertz CT molecular complexity index is 944. The number of nitrogens with one attached hydrogen (secondary N) is 1. The van der Waals surface area contributed by atoms with Crippen LogP contribution < -0.4 is 11.2 Å². The molecule has 3 aromatic rings. The molecule has 1 amide bonds. The first-order chi connectivity index (χ1) is 12.0. The minimum absolute atomic E-state index is 0.0385. The number of hydrazone groups is 1. The monoisotopic (exact) mass is 360 g/mol. The Morgan fingerprint density at radius 1 is 1.32 bits per heavy atom. The molecule has 0 saturated carbocycles. The Kier molecular flexibility index (Phi) is 4.44. The fourth-order valence-electron chi connectivity index (χ4n) is 2.02. The van der Waals surface area contributed by atoms with Gasteiger partial charge in [-0.1, -0.05) is 28.9 Å². The highest BCUT2D eigenvalue weighted by molar-refractivity contribution is 6.30. The van der Waals surface area contributed by atoms with Crippen molar-refractivity contribution in [3.63, 3.8) is 0 Å². The molecule has 2 heterocycles. The summed E-state index contributed by atoms with van der Waals surface area (Å²) in [5, 5.41) is 19.4. The molecular formula is C14H13ClN8O2. The van der Waals surface area contributed by atoms with E-state index in [4.69, 9.17) is 17.3 Å². The molecule has 2 aromatic heterocycles. The van der Waals surface area contributed by atoms with Gasteiger partial charge in [-0.25, -0.2) is 10.1 Å². The van der Waals surface area contributed by atoms with Crippen LogP contribution in [-0.4, -0.2) is 36.9 Å². The molecule has 0 fully saturated rings. The lowest BCUT2D eigenvalue weighted by Gasteiger charge is -2.02. The fraction of sp³-hybridized carbons (Fsp3) is 0.143. The zero-order valence-electron chi connectivity index (χ0n) is 13.3. The zero-order chi connectivity index (χ0) is 18.0. The van der Waals surface area contributed by atoms with Crippen molar-refractivity contribution in [2.75, 3.05) is 5.73 Å². The summed E-state index contributed by atoms with van der Waals surface area (Å²) in [4.78, 5) is 12.3. The van der Waals surface area contributed by atoms with Crippen molar-refractivity contribution in [3.05, 3.63) is 46.2 Å². The average molecular weight is 361 g/mol. The quantitative estimate of drug-likeness (QED) is 0.529. The zero-order valence-corrected chi connectivity index (χ0v) is 14.0. The molecule has 3 N–H and O–H groups in total. The third-order valence-electron chi connectivity index (χ3n) is 3.39. The molecule has 1 aromatic carbocycles. The lowest BCUT2D eigenvalue weighted by molar-refractivity contribution is 0.0949. The summed E-state index contributed by atoms with van der Waals surface area (Å²) in [6, 6.07) is 7.08. The van der Waals surface area contributed by atoms with Crippen molar-refractivity contribution in [2.24, 2.45) is 5.10 Å². The van der Waals surface area contributed by atoms with Gasteiger partial charge in [0.05, 0.1) is 11.4 Å². The molecule has 3 rings (SSSR count). The van der Waals surface area contributed by atoms with Crippen LogP contribution >= 0.6 is 11.6 Å². The number of halogens is 1. The van der Waals surface area contributed by atoms with Crippen LogP contribution in [0.2, 0.25) is 5.02 Å². The predicted octanol–water partition coefficient (Wildman–Crippen LogP) is 1.35. The highest BCUT2D eigenvalue weighted by Gasteiger charge is 2.20. The van der Waals surface area contributed by atoms with E-state index >= 15 is 0 Å². The van der Waals surface area contributed by atoms with Crippen LogP contribution in [0.15, 0.2) is 34.0 Å². The SMILES string of the molecule is C/C(=N\NC(=O)c1nnn(-c2nonc2N)c1C)c1ccc(Cl)cc1. The summed E-state index contributed by atoms with van der Waals surface area (Å²) in [7, 11) is 0. The minimum atomic E-state index is -0.521. The lowest BCUT2D eigenvalue weighted by Crippen LogP contribution is -2.21. The van der Waals surface area contributed by atoms with E-state index in [1.165, 1.54) is 4.68 Å².